The zero-order valence-corrected chi connectivity index (χ0v) is 17.3. The highest BCUT2D eigenvalue weighted by atomic mass is 32.1. The third-order valence-electron chi connectivity index (χ3n) is 5.27. The summed E-state index contributed by atoms with van der Waals surface area (Å²) in [6.45, 7) is 4.56. The smallest absolute Gasteiger partial charge is 0.337 e. The predicted octanol–water partition coefficient (Wildman–Crippen LogP) is 2.16. The zero-order chi connectivity index (χ0) is 20.5. The summed E-state index contributed by atoms with van der Waals surface area (Å²) >= 11 is 1.44. The van der Waals surface area contributed by atoms with Crippen LogP contribution in [0.4, 0.5) is 0 Å². The predicted molar refractivity (Wildman–Crippen MR) is 113 cm³/mol. The average Bonchev–Trinajstić information content (AvgIpc) is 3.11. The van der Waals surface area contributed by atoms with E-state index in [1.807, 2.05) is 6.07 Å². The number of carbonyl (C=O) groups is 1. The minimum absolute atomic E-state index is 0.225. The van der Waals surface area contributed by atoms with E-state index in [4.69, 9.17) is 4.74 Å². The maximum Gasteiger partial charge on any atom is 0.337 e. The molecule has 8 heteroatoms. The number of para-hydroxylation sites is 1. The molecule has 3 heterocycles. The van der Waals surface area contributed by atoms with Crippen molar-refractivity contribution in [2.75, 3.05) is 20.2 Å². The van der Waals surface area contributed by atoms with Crippen LogP contribution in [0.25, 0.3) is 15.9 Å². The van der Waals surface area contributed by atoms with Crippen molar-refractivity contribution >= 4 is 27.5 Å². The van der Waals surface area contributed by atoms with Crippen molar-refractivity contribution in [2.45, 2.75) is 32.9 Å². The largest absolute Gasteiger partial charge is 0.468 e. The van der Waals surface area contributed by atoms with Crippen LogP contribution in [0.1, 0.15) is 23.8 Å². The summed E-state index contributed by atoms with van der Waals surface area (Å²) in [5, 5.41) is 0.550. The molecule has 1 aliphatic heterocycles. The van der Waals surface area contributed by atoms with Crippen LogP contribution in [0.15, 0.2) is 39.9 Å². The topological polar surface area (TPSA) is 73.5 Å². The molecule has 4 rings (SSSR count). The van der Waals surface area contributed by atoms with E-state index in [1.165, 1.54) is 23.0 Å². The van der Waals surface area contributed by atoms with Gasteiger partial charge in [0.25, 0.3) is 5.56 Å². The molecule has 0 spiro atoms. The van der Waals surface area contributed by atoms with Crippen LogP contribution >= 0.6 is 11.3 Å². The summed E-state index contributed by atoms with van der Waals surface area (Å²) < 4.78 is 7.34. The summed E-state index contributed by atoms with van der Waals surface area (Å²) in [7, 11) is 1.29. The number of rotatable bonds is 5. The van der Waals surface area contributed by atoms with Crippen LogP contribution < -0.4 is 11.2 Å². The number of hydrogen-bond acceptors (Lipinski definition) is 6. The third-order valence-corrected chi connectivity index (χ3v) is 6.51. The second-order valence-corrected chi connectivity index (χ2v) is 8.21. The van der Waals surface area contributed by atoms with Gasteiger partial charge in [0.1, 0.15) is 11.4 Å². The number of ether oxygens (including phenoxy) is 1. The molecule has 0 saturated heterocycles. The zero-order valence-electron chi connectivity index (χ0n) is 16.5. The van der Waals surface area contributed by atoms with E-state index in [0.717, 1.165) is 47.5 Å². The molecule has 1 aromatic carbocycles. The fraction of sp³-hybridized carbons (Fsp3) is 0.381. The molecule has 0 amide bonds. The molecule has 0 saturated carbocycles. The molecule has 2 aromatic heterocycles. The first-order chi connectivity index (χ1) is 14.0. The van der Waals surface area contributed by atoms with Gasteiger partial charge in [-0.2, -0.15) is 0 Å². The molecule has 0 unspecified atom stereocenters. The normalized spacial score (nSPS) is 14.1. The second-order valence-electron chi connectivity index (χ2n) is 7.13. The minimum atomic E-state index is -0.525. The van der Waals surface area contributed by atoms with E-state index in [1.54, 1.807) is 24.3 Å². The molecule has 0 radical (unpaired) electrons. The molecule has 0 bridgehead atoms. The number of benzene rings is 1. The van der Waals surface area contributed by atoms with Crippen molar-refractivity contribution in [1.29, 1.82) is 0 Å². The Hall–Kier alpha value is -2.71. The van der Waals surface area contributed by atoms with E-state index in [-0.39, 0.29) is 12.1 Å². The lowest BCUT2D eigenvalue weighted by Gasteiger charge is -2.26. The molecule has 152 valence electrons. The lowest BCUT2D eigenvalue weighted by atomic mass is 10.1. The van der Waals surface area contributed by atoms with Crippen LogP contribution in [0.2, 0.25) is 0 Å². The first-order valence-corrected chi connectivity index (χ1v) is 10.5. The van der Waals surface area contributed by atoms with Gasteiger partial charge < -0.3 is 4.74 Å². The second kappa shape index (κ2) is 7.96. The molecular formula is C21H23N3O4S. The van der Waals surface area contributed by atoms with Gasteiger partial charge in [0.05, 0.1) is 18.2 Å². The highest BCUT2D eigenvalue weighted by molar-refractivity contribution is 7.18. The minimum Gasteiger partial charge on any atom is -0.468 e. The van der Waals surface area contributed by atoms with Gasteiger partial charge in [-0.3, -0.25) is 19.1 Å². The molecule has 0 N–H and O–H groups in total. The number of thiophene rings is 1. The van der Waals surface area contributed by atoms with E-state index in [2.05, 4.69) is 11.8 Å². The van der Waals surface area contributed by atoms with Gasteiger partial charge in [0, 0.05) is 18.0 Å². The molecule has 0 fully saturated rings. The third kappa shape index (κ3) is 3.42. The Kier molecular flexibility index (Phi) is 5.38. The van der Waals surface area contributed by atoms with Gasteiger partial charge in [0.15, 0.2) is 0 Å². The molecule has 7 nitrogen and oxygen atoms in total. The van der Waals surface area contributed by atoms with Crippen molar-refractivity contribution < 1.29 is 9.53 Å². The first-order valence-electron chi connectivity index (χ1n) is 9.69. The molecule has 3 aromatic rings. The number of methoxy groups -OCH3 is 1. The van der Waals surface area contributed by atoms with Gasteiger partial charge in [-0.25, -0.2) is 9.36 Å². The molecule has 1 aliphatic rings. The maximum atomic E-state index is 13.4. The van der Waals surface area contributed by atoms with Gasteiger partial charge in [0.2, 0.25) is 0 Å². The molecule has 29 heavy (non-hydrogen) atoms. The van der Waals surface area contributed by atoms with Gasteiger partial charge >= 0.3 is 11.7 Å². The quantitative estimate of drug-likeness (QED) is 0.600. The SMILES string of the molecule is CCCN1CCc2c(sc3c2c(=O)n(-c2ccccc2)c(=O)n3CC(=O)OC)C1. The molecular weight excluding hydrogens is 390 g/mol. The summed E-state index contributed by atoms with van der Waals surface area (Å²) in [5.41, 5.74) is 0.652. The Morgan fingerprint density at radius 3 is 2.66 bits per heavy atom. The Balaban J connectivity index is 2.00. The molecule has 0 aliphatic carbocycles. The van der Waals surface area contributed by atoms with Crippen LogP contribution in [0, 0.1) is 0 Å². The standard InChI is InChI=1S/C21H23N3O4S/c1-3-10-22-11-9-15-16(12-22)29-20-18(15)19(26)24(14-7-5-4-6-8-14)21(27)23(20)13-17(25)28-2/h4-8H,3,9-13H2,1-2H3. The number of hydrogen-bond donors (Lipinski definition) is 0. The summed E-state index contributed by atoms with van der Waals surface area (Å²) in [6.07, 6.45) is 1.82. The van der Waals surface area contributed by atoms with Crippen LogP contribution in [-0.4, -0.2) is 40.2 Å². The van der Waals surface area contributed by atoms with E-state index < -0.39 is 11.7 Å². The van der Waals surface area contributed by atoms with E-state index in [9.17, 15) is 14.4 Å². The summed E-state index contributed by atoms with van der Waals surface area (Å²) in [6, 6.07) is 8.83. The molecule has 0 atom stereocenters. The Bertz CT molecular complexity index is 1180. The van der Waals surface area contributed by atoms with Gasteiger partial charge in [-0.1, -0.05) is 25.1 Å². The van der Waals surface area contributed by atoms with E-state index in [0.29, 0.717) is 15.9 Å². The van der Waals surface area contributed by atoms with Crippen LogP contribution in [-0.2, 0) is 29.0 Å². The fourth-order valence-electron chi connectivity index (χ4n) is 3.90. The Morgan fingerprint density at radius 2 is 1.97 bits per heavy atom. The van der Waals surface area contributed by atoms with Crippen LogP contribution in [0.3, 0.4) is 0 Å². The van der Waals surface area contributed by atoms with Crippen molar-refractivity contribution in [3.63, 3.8) is 0 Å². The lowest BCUT2D eigenvalue weighted by Crippen LogP contribution is -2.40. The number of aromatic nitrogens is 2. The number of fused-ring (bicyclic) bond motifs is 3. The first kappa shape index (κ1) is 19.6. The van der Waals surface area contributed by atoms with Gasteiger partial charge in [-0.05, 0) is 37.1 Å². The lowest BCUT2D eigenvalue weighted by molar-refractivity contribution is -0.141. The summed E-state index contributed by atoms with van der Waals surface area (Å²) in [4.78, 5) is 42.7. The van der Waals surface area contributed by atoms with Gasteiger partial charge in [-0.15, -0.1) is 11.3 Å². The number of nitrogens with zero attached hydrogens (tertiary/aromatic N) is 3. The fourth-order valence-corrected chi connectivity index (χ4v) is 5.28. The van der Waals surface area contributed by atoms with Crippen LogP contribution in [0.5, 0.6) is 0 Å². The maximum absolute atomic E-state index is 13.4. The average molecular weight is 413 g/mol. The monoisotopic (exact) mass is 413 g/mol. The number of carbonyl (C=O) groups excluding carboxylic acids is 1. The number of esters is 1. The van der Waals surface area contributed by atoms with Crippen molar-refractivity contribution in [3.05, 3.63) is 61.6 Å². The Labute approximate surface area is 171 Å². The highest BCUT2D eigenvalue weighted by Crippen LogP contribution is 2.33. The van der Waals surface area contributed by atoms with Crippen molar-refractivity contribution in [1.82, 2.24) is 14.0 Å². The van der Waals surface area contributed by atoms with Crippen molar-refractivity contribution in [2.24, 2.45) is 0 Å². The van der Waals surface area contributed by atoms with E-state index >= 15 is 0 Å². The Morgan fingerprint density at radius 1 is 1.21 bits per heavy atom. The highest BCUT2D eigenvalue weighted by Gasteiger charge is 2.27. The summed E-state index contributed by atoms with van der Waals surface area (Å²) in [5.74, 6) is -0.523. The van der Waals surface area contributed by atoms with Crippen molar-refractivity contribution in [3.8, 4) is 5.69 Å².